The number of rotatable bonds is 7. The summed E-state index contributed by atoms with van der Waals surface area (Å²) >= 11 is 1.75. The number of para-hydroxylation sites is 1. The van der Waals surface area contributed by atoms with Crippen molar-refractivity contribution in [2.24, 2.45) is 5.92 Å². The molecule has 29 heavy (non-hydrogen) atoms. The van der Waals surface area contributed by atoms with E-state index in [1.807, 2.05) is 30.3 Å². The zero-order valence-electron chi connectivity index (χ0n) is 17.0. The minimum absolute atomic E-state index is 0.291. The molecule has 2 aliphatic heterocycles. The molecule has 2 saturated heterocycles. The second-order valence-electron chi connectivity index (χ2n) is 8.13. The number of nitrogens with zero attached hydrogens (tertiary/aromatic N) is 3. The van der Waals surface area contributed by atoms with Gasteiger partial charge in [-0.3, -0.25) is 14.6 Å². The van der Waals surface area contributed by atoms with Gasteiger partial charge in [0.2, 0.25) is 5.91 Å². The van der Waals surface area contributed by atoms with Crippen molar-refractivity contribution < 1.29 is 9.53 Å². The Labute approximate surface area is 177 Å². The first-order valence-electron chi connectivity index (χ1n) is 10.7. The number of piperidine rings is 1. The summed E-state index contributed by atoms with van der Waals surface area (Å²) in [5.41, 5.74) is 1.38. The van der Waals surface area contributed by atoms with Crippen LogP contribution in [0, 0.1) is 5.92 Å². The topological polar surface area (TPSA) is 36.0 Å². The van der Waals surface area contributed by atoms with Crippen LogP contribution in [0.2, 0.25) is 0 Å². The van der Waals surface area contributed by atoms with Gasteiger partial charge in [0, 0.05) is 32.7 Å². The molecule has 0 atom stereocenters. The molecule has 0 radical (unpaired) electrons. The molecule has 0 bridgehead atoms. The predicted octanol–water partition coefficient (Wildman–Crippen LogP) is 3.18. The standard InChI is InChI=1S/C23H31N3O2S/c27-23(26-13-11-25(12-14-26)16-21-8-15-29-19-21)17-24-9-6-20(7-10-24)18-28-22-4-2-1-3-5-22/h1-5,8,15,19-20H,6-7,9-14,16-18H2. The quantitative estimate of drug-likeness (QED) is 0.699. The minimum Gasteiger partial charge on any atom is -0.493 e. The van der Waals surface area contributed by atoms with Crippen molar-refractivity contribution in [3.8, 4) is 5.75 Å². The fourth-order valence-electron chi connectivity index (χ4n) is 4.13. The maximum absolute atomic E-state index is 12.7. The summed E-state index contributed by atoms with van der Waals surface area (Å²) in [5.74, 6) is 1.82. The Morgan fingerprint density at radius 1 is 0.966 bits per heavy atom. The number of hydrogen-bond donors (Lipinski definition) is 0. The van der Waals surface area contributed by atoms with Crippen LogP contribution in [0.15, 0.2) is 47.2 Å². The molecule has 0 saturated carbocycles. The summed E-state index contributed by atoms with van der Waals surface area (Å²) < 4.78 is 5.91. The Morgan fingerprint density at radius 2 is 1.72 bits per heavy atom. The Bertz CT molecular complexity index is 737. The van der Waals surface area contributed by atoms with Crippen LogP contribution in [0.5, 0.6) is 5.75 Å². The summed E-state index contributed by atoms with van der Waals surface area (Å²) in [6, 6.07) is 12.2. The molecule has 0 N–H and O–H groups in total. The van der Waals surface area contributed by atoms with Crippen LogP contribution < -0.4 is 4.74 Å². The van der Waals surface area contributed by atoms with Crippen LogP contribution >= 0.6 is 11.3 Å². The lowest BCUT2D eigenvalue weighted by atomic mass is 9.98. The molecule has 2 aromatic rings. The highest BCUT2D eigenvalue weighted by Crippen LogP contribution is 2.20. The number of amides is 1. The van der Waals surface area contributed by atoms with E-state index in [0.29, 0.717) is 18.4 Å². The van der Waals surface area contributed by atoms with E-state index in [-0.39, 0.29) is 0 Å². The lowest BCUT2D eigenvalue weighted by molar-refractivity contribution is -0.134. The van der Waals surface area contributed by atoms with E-state index in [0.717, 1.165) is 71.0 Å². The zero-order valence-corrected chi connectivity index (χ0v) is 17.9. The SMILES string of the molecule is O=C(CN1CCC(COc2ccccc2)CC1)N1CCN(Cc2ccsc2)CC1. The molecule has 0 unspecified atom stereocenters. The Hall–Kier alpha value is -1.89. The number of thiophene rings is 1. The van der Waals surface area contributed by atoms with Crippen molar-refractivity contribution in [3.63, 3.8) is 0 Å². The number of piperazine rings is 1. The van der Waals surface area contributed by atoms with Crippen molar-refractivity contribution in [2.75, 3.05) is 52.4 Å². The highest BCUT2D eigenvalue weighted by atomic mass is 32.1. The highest BCUT2D eigenvalue weighted by molar-refractivity contribution is 7.07. The van der Waals surface area contributed by atoms with E-state index in [9.17, 15) is 4.79 Å². The van der Waals surface area contributed by atoms with Crippen molar-refractivity contribution in [1.29, 1.82) is 0 Å². The van der Waals surface area contributed by atoms with Gasteiger partial charge in [0.1, 0.15) is 5.75 Å². The fraction of sp³-hybridized carbons (Fsp3) is 0.522. The lowest BCUT2D eigenvalue weighted by Gasteiger charge is -2.37. The van der Waals surface area contributed by atoms with Gasteiger partial charge in [-0.05, 0) is 66.4 Å². The summed E-state index contributed by atoms with van der Waals surface area (Å²) in [6.45, 7) is 7.98. The van der Waals surface area contributed by atoms with E-state index < -0.39 is 0 Å². The number of ether oxygens (including phenoxy) is 1. The first kappa shape index (κ1) is 20.4. The fourth-order valence-corrected chi connectivity index (χ4v) is 4.79. The molecule has 1 aromatic heterocycles. The third kappa shape index (κ3) is 6.04. The summed E-state index contributed by atoms with van der Waals surface area (Å²) in [7, 11) is 0. The molecule has 6 heteroatoms. The molecule has 1 amide bonds. The summed E-state index contributed by atoms with van der Waals surface area (Å²) in [4.78, 5) is 19.5. The average molecular weight is 414 g/mol. The van der Waals surface area contributed by atoms with Crippen molar-refractivity contribution in [2.45, 2.75) is 19.4 Å². The molecule has 2 fully saturated rings. The van der Waals surface area contributed by atoms with Gasteiger partial charge < -0.3 is 9.64 Å². The van der Waals surface area contributed by atoms with Crippen LogP contribution in [-0.2, 0) is 11.3 Å². The normalized spacial score (nSPS) is 19.4. The van der Waals surface area contributed by atoms with Gasteiger partial charge in [-0.25, -0.2) is 0 Å². The van der Waals surface area contributed by atoms with Crippen molar-refractivity contribution in [3.05, 3.63) is 52.7 Å². The molecular formula is C23H31N3O2S. The first-order valence-corrected chi connectivity index (χ1v) is 11.6. The molecule has 0 aliphatic carbocycles. The molecular weight excluding hydrogens is 382 g/mol. The third-order valence-electron chi connectivity index (χ3n) is 6.01. The van der Waals surface area contributed by atoms with Gasteiger partial charge in [-0.2, -0.15) is 11.3 Å². The van der Waals surface area contributed by atoms with Crippen LogP contribution in [0.4, 0.5) is 0 Å². The maximum atomic E-state index is 12.7. The number of carbonyl (C=O) groups excluding carboxylic acids is 1. The van der Waals surface area contributed by atoms with Crippen LogP contribution in [0.3, 0.4) is 0 Å². The molecule has 5 nitrogen and oxygen atoms in total. The number of carbonyl (C=O) groups is 1. The third-order valence-corrected chi connectivity index (χ3v) is 6.74. The van der Waals surface area contributed by atoms with Crippen LogP contribution in [0.1, 0.15) is 18.4 Å². The maximum Gasteiger partial charge on any atom is 0.236 e. The highest BCUT2D eigenvalue weighted by Gasteiger charge is 2.25. The van der Waals surface area contributed by atoms with E-state index in [1.165, 1.54) is 5.56 Å². The van der Waals surface area contributed by atoms with E-state index in [4.69, 9.17) is 4.74 Å². The number of likely N-dealkylation sites (tertiary alicyclic amines) is 1. The number of benzene rings is 1. The first-order chi connectivity index (χ1) is 14.3. The van der Waals surface area contributed by atoms with Gasteiger partial charge in [0.15, 0.2) is 0 Å². The molecule has 0 spiro atoms. The Balaban J connectivity index is 1.13. The molecule has 156 valence electrons. The van der Waals surface area contributed by atoms with Crippen LogP contribution in [-0.4, -0.2) is 73.0 Å². The zero-order chi connectivity index (χ0) is 19.9. The molecule has 4 rings (SSSR count). The molecule has 1 aromatic carbocycles. The average Bonchev–Trinajstić information content (AvgIpc) is 3.27. The summed E-state index contributed by atoms with van der Waals surface area (Å²) in [5, 5.41) is 4.35. The predicted molar refractivity (Wildman–Crippen MR) is 117 cm³/mol. The van der Waals surface area contributed by atoms with Gasteiger partial charge in [-0.15, -0.1) is 0 Å². The Kier molecular flexibility index (Phi) is 7.19. The Morgan fingerprint density at radius 3 is 2.41 bits per heavy atom. The van der Waals surface area contributed by atoms with Crippen LogP contribution in [0.25, 0.3) is 0 Å². The van der Waals surface area contributed by atoms with Gasteiger partial charge >= 0.3 is 0 Å². The largest absolute Gasteiger partial charge is 0.493 e. The second-order valence-corrected chi connectivity index (χ2v) is 8.91. The number of hydrogen-bond acceptors (Lipinski definition) is 5. The smallest absolute Gasteiger partial charge is 0.236 e. The lowest BCUT2D eigenvalue weighted by Crippen LogP contribution is -2.51. The molecule has 3 heterocycles. The minimum atomic E-state index is 0.291. The van der Waals surface area contributed by atoms with Crippen molar-refractivity contribution in [1.82, 2.24) is 14.7 Å². The van der Waals surface area contributed by atoms with E-state index >= 15 is 0 Å². The van der Waals surface area contributed by atoms with Gasteiger partial charge in [0.05, 0.1) is 13.2 Å². The van der Waals surface area contributed by atoms with E-state index in [1.54, 1.807) is 11.3 Å². The second kappa shape index (κ2) is 10.2. The summed E-state index contributed by atoms with van der Waals surface area (Å²) in [6.07, 6.45) is 2.21. The monoisotopic (exact) mass is 413 g/mol. The molecule has 2 aliphatic rings. The van der Waals surface area contributed by atoms with Gasteiger partial charge in [0.25, 0.3) is 0 Å². The van der Waals surface area contributed by atoms with Gasteiger partial charge in [-0.1, -0.05) is 18.2 Å². The van der Waals surface area contributed by atoms with Crippen molar-refractivity contribution >= 4 is 17.2 Å². The van der Waals surface area contributed by atoms with E-state index in [2.05, 4.69) is 31.5 Å².